The van der Waals surface area contributed by atoms with Gasteiger partial charge in [-0.3, -0.25) is 9.69 Å². The zero-order chi connectivity index (χ0) is 9.14. The first-order valence-corrected chi connectivity index (χ1v) is 4.68. The Bertz CT molecular complexity index is 168. The number of rotatable bonds is 3. The van der Waals surface area contributed by atoms with E-state index in [1.165, 1.54) is 6.42 Å². The molecule has 0 aliphatic carbocycles. The maximum Gasteiger partial charge on any atom is 0.236 e. The van der Waals surface area contributed by atoms with Crippen LogP contribution in [-0.4, -0.2) is 36.5 Å². The van der Waals surface area contributed by atoms with Crippen LogP contribution in [0.4, 0.5) is 0 Å². The zero-order valence-electron chi connectivity index (χ0n) is 8.13. The molecule has 70 valence electrons. The predicted molar refractivity (Wildman–Crippen MR) is 48.9 cm³/mol. The summed E-state index contributed by atoms with van der Waals surface area (Å²) < 4.78 is 0. The summed E-state index contributed by atoms with van der Waals surface area (Å²) in [5.41, 5.74) is 0. The summed E-state index contributed by atoms with van der Waals surface area (Å²) in [7, 11) is 1.69. The summed E-state index contributed by atoms with van der Waals surface area (Å²) in [5, 5.41) is 2.68. The lowest BCUT2D eigenvalue weighted by Crippen LogP contribution is -2.56. The second-order valence-electron chi connectivity index (χ2n) is 3.38. The van der Waals surface area contributed by atoms with Crippen molar-refractivity contribution in [3.63, 3.8) is 0 Å². The summed E-state index contributed by atoms with van der Waals surface area (Å²) in [6.07, 6.45) is 2.40. The molecular weight excluding hydrogens is 152 g/mol. The first kappa shape index (κ1) is 9.52. The second kappa shape index (κ2) is 3.90. The van der Waals surface area contributed by atoms with E-state index in [9.17, 15) is 4.79 Å². The van der Waals surface area contributed by atoms with Crippen molar-refractivity contribution >= 4 is 5.91 Å². The molecule has 1 saturated heterocycles. The molecule has 12 heavy (non-hydrogen) atoms. The van der Waals surface area contributed by atoms with Gasteiger partial charge in [0.05, 0.1) is 6.04 Å². The van der Waals surface area contributed by atoms with E-state index in [1.807, 2.05) is 6.92 Å². The van der Waals surface area contributed by atoms with E-state index in [0.717, 1.165) is 13.0 Å². The normalized spacial score (nSPS) is 26.1. The minimum absolute atomic E-state index is 0.0497. The highest BCUT2D eigenvalue weighted by atomic mass is 16.2. The highest BCUT2D eigenvalue weighted by Gasteiger charge is 2.32. The van der Waals surface area contributed by atoms with E-state index in [0.29, 0.717) is 6.04 Å². The van der Waals surface area contributed by atoms with Crippen LogP contribution >= 0.6 is 0 Å². The van der Waals surface area contributed by atoms with Crippen LogP contribution in [0.2, 0.25) is 0 Å². The highest BCUT2D eigenvalue weighted by molar-refractivity contribution is 5.81. The Morgan fingerprint density at radius 2 is 2.42 bits per heavy atom. The average Bonchev–Trinajstić information content (AvgIpc) is 2.02. The van der Waals surface area contributed by atoms with Gasteiger partial charge in [0.2, 0.25) is 5.91 Å². The van der Waals surface area contributed by atoms with Gasteiger partial charge in [0.15, 0.2) is 0 Å². The lowest BCUT2D eigenvalue weighted by Gasteiger charge is -2.43. The second-order valence-corrected chi connectivity index (χ2v) is 3.38. The number of carbonyl (C=O) groups excluding carboxylic acids is 1. The molecule has 3 nitrogen and oxygen atoms in total. The number of hydrogen-bond acceptors (Lipinski definition) is 2. The van der Waals surface area contributed by atoms with Gasteiger partial charge in [-0.15, -0.1) is 0 Å². The monoisotopic (exact) mass is 170 g/mol. The molecule has 0 aromatic carbocycles. The molecule has 0 spiro atoms. The summed E-state index contributed by atoms with van der Waals surface area (Å²) in [4.78, 5) is 13.5. The van der Waals surface area contributed by atoms with Crippen LogP contribution in [0, 0.1) is 0 Å². The lowest BCUT2D eigenvalue weighted by atomic mass is 9.97. The van der Waals surface area contributed by atoms with Crippen LogP contribution in [0.15, 0.2) is 0 Å². The van der Waals surface area contributed by atoms with Gasteiger partial charge in [0.25, 0.3) is 0 Å². The third-order valence-corrected chi connectivity index (χ3v) is 2.78. The molecule has 1 aliphatic heterocycles. The Morgan fingerprint density at radius 3 is 2.75 bits per heavy atom. The van der Waals surface area contributed by atoms with Crippen molar-refractivity contribution < 1.29 is 4.79 Å². The molecule has 3 heteroatoms. The zero-order valence-corrected chi connectivity index (χ0v) is 8.13. The number of likely N-dealkylation sites (N-methyl/N-ethyl adjacent to an activating group) is 1. The first-order valence-electron chi connectivity index (χ1n) is 4.68. The number of likely N-dealkylation sites (tertiary alicyclic amines) is 1. The fraction of sp³-hybridized carbons (Fsp3) is 0.889. The van der Waals surface area contributed by atoms with Crippen LogP contribution in [0.1, 0.15) is 26.7 Å². The molecule has 2 unspecified atom stereocenters. The van der Waals surface area contributed by atoms with Crippen LogP contribution < -0.4 is 5.32 Å². The molecule has 2 atom stereocenters. The van der Waals surface area contributed by atoms with Crippen molar-refractivity contribution in [1.29, 1.82) is 0 Å². The van der Waals surface area contributed by atoms with E-state index in [2.05, 4.69) is 17.1 Å². The van der Waals surface area contributed by atoms with Crippen LogP contribution in [-0.2, 0) is 4.79 Å². The predicted octanol–water partition coefficient (Wildman–Crippen LogP) is 0.605. The van der Waals surface area contributed by atoms with Gasteiger partial charge in [-0.2, -0.15) is 0 Å². The molecule has 0 aromatic rings. The molecule has 1 amide bonds. The Labute approximate surface area is 74.1 Å². The topological polar surface area (TPSA) is 32.3 Å². The van der Waals surface area contributed by atoms with Crippen molar-refractivity contribution in [1.82, 2.24) is 10.2 Å². The Kier molecular flexibility index (Phi) is 3.09. The Morgan fingerprint density at radius 1 is 1.75 bits per heavy atom. The fourth-order valence-corrected chi connectivity index (χ4v) is 1.77. The quantitative estimate of drug-likeness (QED) is 0.673. The average molecular weight is 170 g/mol. The third kappa shape index (κ3) is 1.61. The standard InChI is InChI=1S/C9H18N2O/c1-4-8-5-6-11(8)7(2)9(12)10-3/h7-8H,4-6H2,1-3H3,(H,10,12). The summed E-state index contributed by atoms with van der Waals surface area (Å²) >= 11 is 0. The highest BCUT2D eigenvalue weighted by Crippen LogP contribution is 2.22. The van der Waals surface area contributed by atoms with E-state index < -0.39 is 0 Å². The van der Waals surface area contributed by atoms with E-state index >= 15 is 0 Å². The molecule has 1 fully saturated rings. The lowest BCUT2D eigenvalue weighted by molar-refractivity contribution is -0.128. The number of carbonyl (C=O) groups is 1. The van der Waals surface area contributed by atoms with Crippen molar-refractivity contribution in [3.05, 3.63) is 0 Å². The minimum Gasteiger partial charge on any atom is -0.358 e. The van der Waals surface area contributed by atoms with Crippen molar-refractivity contribution in [2.75, 3.05) is 13.6 Å². The SMILES string of the molecule is CCC1CCN1C(C)C(=O)NC. The summed E-state index contributed by atoms with van der Waals surface area (Å²) in [6, 6.07) is 0.686. The first-order chi connectivity index (χ1) is 5.70. The van der Waals surface area contributed by atoms with Gasteiger partial charge in [0.1, 0.15) is 0 Å². The van der Waals surface area contributed by atoms with Crippen LogP contribution in [0.5, 0.6) is 0 Å². The minimum atomic E-state index is 0.0497. The van der Waals surface area contributed by atoms with Crippen molar-refractivity contribution in [2.24, 2.45) is 0 Å². The van der Waals surface area contributed by atoms with E-state index in [4.69, 9.17) is 0 Å². The number of hydrogen-bond donors (Lipinski definition) is 1. The Hall–Kier alpha value is -0.570. The number of amides is 1. The summed E-state index contributed by atoms with van der Waals surface area (Å²) in [5.74, 6) is 0.133. The molecule has 0 bridgehead atoms. The maximum absolute atomic E-state index is 11.3. The van der Waals surface area contributed by atoms with Gasteiger partial charge in [0, 0.05) is 19.6 Å². The van der Waals surface area contributed by atoms with Crippen molar-refractivity contribution in [2.45, 2.75) is 38.8 Å². The van der Waals surface area contributed by atoms with Crippen LogP contribution in [0.3, 0.4) is 0 Å². The smallest absolute Gasteiger partial charge is 0.236 e. The largest absolute Gasteiger partial charge is 0.358 e. The van der Waals surface area contributed by atoms with Gasteiger partial charge in [-0.25, -0.2) is 0 Å². The molecule has 1 N–H and O–H groups in total. The van der Waals surface area contributed by atoms with Crippen LogP contribution in [0.25, 0.3) is 0 Å². The molecule has 0 radical (unpaired) electrons. The number of nitrogens with zero attached hydrogens (tertiary/aromatic N) is 1. The molecule has 0 aromatic heterocycles. The fourth-order valence-electron chi connectivity index (χ4n) is 1.77. The van der Waals surface area contributed by atoms with Gasteiger partial charge in [-0.1, -0.05) is 6.92 Å². The van der Waals surface area contributed by atoms with Gasteiger partial charge < -0.3 is 5.32 Å². The van der Waals surface area contributed by atoms with E-state index in [-0.39, 0.29) is 11.9 Å². The molecule has 1 heterocycles. The molecule has 1 rings (SSSR count). The van der Waals surface area contributed by atoms with Crippen molar-refractivity contribution in [3.8, 4) is 0 Å². The van der Waals surface area contributed by atoms with E-state index in [1.54, 1.807) is 7.05 Å². The summed E-state index contributed by atoms with van der Waals surface area (Å²) in [6.45, 7) is 5.22. The maximum atomic E-state index is 11.3. The molecule has 1 aliphatic rings. The Balaban J connectivity index is 2.42. The van der Waals surface area contributed by atoms with Gasteiger partial charge >= 0.3 is 0 Å². The number of nitrogens with one attached hydrogen (secondary N) is 1. The molecular formula is C9H18N2O. The van der Waals surface area contributed by atoms with Gasteiger partial charge in [-0.05, 0) is 19.8 Å². The third-order valence-electron chi connectivity index (χ3n) is 2.78. The molecule has 0 saturated carbocycles.